The molecule has 0 rings (SSSR count). The minimum absolute atomic E-state index is 0.0312. The Morgan fingerprint density at radius 2 is 2.36 bits per heavy atom. The van der Waals surface area contributed by atoms with Gasteiger partial charge in [0, 0.05) is 22.6 Å². The Labute approximate surface area is 96.2 Å². The van der Waals surface area contributed by atoms with Gasteiger partial charge in [-0.2, -0.15) is 0 Å². The predicted molar refractivity (Wildman–Crippen MR) is 58.6 cm³/mol. The van der Waals surface area contributed by atoms with Crippen molar-refractivity contribution in [3.8, 4) is 9.85 Å². The second-order valence-electron chi connectivity index (χ2n) is 2.26. The zero-order valence-electron chi connectivity index (χ0n) is 7.73. The van der Waals surface area contributed by atoms with Crippen LogP contribution in [0.15, 0.2) is 0 Å². The second-order valence-corrected chi connectivity index (χ2v) is 2.80. The Bertz CT molecular complexity index is 235. The molecule has 2 N–H and O–H groups in total. The third-order valence-electron chi connectivity index (χ3n) is 1.34. The molecule has 0 saturated carbocycles. The monoisotopic (exact) mass is 313 g/mol. The molecule has 14 heavy (non-hydrogen) atoms. The summed E-state index contributed by atoms with van der Waals surface area (Å²) in [6.07, 6.45) is -1.96. The van der Waals surface area contributed by atoms with Gasteiger partial charge in [0.2, 0.25) is 0 Å². The van der Waals surface area contributed by atoms with Gasteiger partial charge in [0.05, 0.1) is 19.8 Å². The lowest BCUT2D eigenvalue weighted by molar-refractivity contribution is -0.0245. The molecule has 0 fully saturated rings. The quantitative estimate of drug-likeness (QED) is 0.440. The van der Waals surface area contributed by atoms with Crippen molar-refractivity contribution >= 4 is 28.7 Å². The van der Waals surface area contributed by atoms with E-state index >= 15 is 0 Å². The number of amides is 1. The van der Waals surface area contributed by atoms with Gasteiger partial charge in [-0.25, -0.2) is 4.79 Å². The summed E-state index contributed by atoms with van der Waals surface area (Å²) in [4.78, 5) is 12.2. The maximum Gasteiger partial charge on any atom is 0.412 e. The highest BCUT2D eigenvalue weighted by Gasteiger charge is 2.20. The van der Waals surface area contributed by atoms with Gasteiger partial charge in [0.25, 0.3) is 0 Å². The van der Waals surface area contributed by atoms with Gasteiger partial charge in [-0.1, -0.05) is 5.92 Å². The number of aliphatic hydroxyl groups is 2. The molecule has 80 valence electrons. The zero-order chi connectivity index (χ0) is 11.0. The number of aliphatic hydroxyl groups excluding tert-OH is 2. The van der Waals surface area contributed by atoms with E-state index in [9.17, 15) is 9.90 Å². The van der Waals surface area contributed by atoms with Crippen LogP contribution in [0.4, 0.5) is 4.79 Å². The molecule has 0 aromatic rings. The van der Waals surface area contributed by atoms with Crippen molar-refractivity contribution in [1.82, 2.24) is 4.90 Å². The van der Waals surface area contributed by atoms with E-state index in [0.29, 0.717) is 0 Å². The number of halogens is 1. The van der Waals surface area contributed by atoms with Crippen LogP contribution in [0, 0.1) is 9.85 Å². The van der Waals surface area contributed by atoms with E-state index in [-0.39, 0.29) is 13.2 Å². The maximum atomic E-state index is 11.2. The Kier molecular flexibility index (Phi) is 7.55. The minimum Gasteiger partial charge on any atom is -0.450 e. The molecule has 0 radical (unpaired) electrons. The first kappa shape index (κ1) is 13.5. The van der Waals surface area contributed by atoms with Gasteiger partial charge in [-0.3, -0.25) is 4.90 Å². The normalized spacial score (nSPS) is 11.1. The molecule has 1 amide bonds. The first-order valence-corrected chi connectivity index (χ1v) is 5.06. The number of carbonyl (C=O) groups excluding carboxylic acids is 1. The number of hydrogen-bond acceptors (Lipinski definition) is 4. The van der Waals surface area contributed by atoms with Crippen molar-refractivity contribution in [2.45, 2.75) is 13.2 Å². The average molecular weight is 313 g/mol. The summed E-state index contributed by atoms with van der Waals surface area (Å²) in [6.45, 7) is 1.36. The lowest BCUT2D eigenvalue weighted by Gasteiger charge is -2.23. The number of hydrogen-bond donors (Lipinski definition) is 2. The van der Waals surface area contributed by atoms with Gasteiger partial charge in [-0.15, -0.1) is 0 Å². The van der Waals surface area contributed by atoms with Crippen LogP contribution in [0.5, 0.6) is 0 Å². The Morgan fingerprint density at radius 3 is 2.79 bits per heavy atom. The van der Waals surface area contributed by atoms with Crippen molar-refractivity contribution in [1.29, 1.82) is 0 Å². The predicted octanol–water partition coefficient (Wildman–Crippen LogP) is 0.152. The molecule has 1 atom stereocenters. The third kappa shape index (κ3) is 4.64. The van der Waals surface area contributed by atoms with Crippen LogP contribution in [0.25, 0.3) is 0 Å². The molecule has 5 nitrogen and oxygen atoms in total. The highest BCUT2D eigenvalue weighted by atomic mass is 127. The zero-order valence-corrected chi connectivity index (χ0v) is 9.89. The molecule has 0 aliphatic heterocycles. The number of nitrogens with zero attached hydrogens (tertiary/aromatic N) is 1. The van der Waals surface area contributed by atoms with Gasteiger partial charge >= 0.3 is 6.09 Å². The molecule has 0 aromatic carbocycles. The van der Waals surface area contributed by atoms with E-state index in [4.69, 9.17) is 5.11 Å². The summed E-state index contributed by atoms with van der Waals surface area (Å²) in [6, 6.07) is 0. The smallest absolute Gasteiger partial charge is 0.412 e. The van der Waals surface area contributed by atoms with E-state index in [0.717, 1.165) is 4.90 Å². The lowest BCUT2D eigenvalue weighted by Crippen LogP contribution is -2.43. The molecule has 6 heteroatoms. The summed E-state index contributed by atoms with van der Waals surface area (Å²) in [5.74, 6) is 2.59. The molecule has 1 unspecified atom stereocenters. The van der Waals surface area contributed by atoms with E-state index in [1.165, 1.54) is 0 Å². The van der Waals surface area contributed by atoms with Crippen LogP contribution >= 0.6 is 22.6 Å². The summed E-state index contributed by atoms with van der Waals surface area (Å²) in [7, 11) is 0. The highest BCUT2D eigenvalue weighted by Crippen LogP contribution is 1.99. The summed E-state index contributed by atoms with van der Waals surface area (Å²) < 4.78 is 7.22. The largest absolute Gasteiger partial charge is 0.450 e. The van der Waals surface area contributed by atoms with Crippen LogP contribution in [0.3, 0.4) is 0 Å². The van der Waals surface area contributed by atoms with Gasteiger partial charge < -0.3 is 14.9 Å². The van der Waals surface area contributed by atoms with E-state index in [1.807, 2.05) is 22.6 Å². The van der Waals surface area contributed by atoms with Crippen molar-refractivity contribution in [2.75, 3.05) is 19.8 Å². The summed E-state index contributed by atoms with van der Waals surface area (Å²) in [5, 5.41) is 17.9. The van der Waals surface area contributed by atoms with Gasteiger partial charge in [-0.05, 0) is 10.9 Å². The first-order valence-electron chi connectivity index (χ1n) is 3.98. The molecule has 0 heterocycles. The molecule has 0 aliphatic carbocycles. The minimum atomic E-state index is -1.27. The molecule has 0 aromatic heterocycles. The fraction of sp³-hybridized carbons (Fsp3) is 0.625. The highest BCUT2D eigenvalue weighted by molar-refractivity contribution is 14.1. The van der Waals surface area contributed by atoms with Gasteiger partial charge in [0.15, 0.2) is 6.23 Å². The van der Waals surface area contributed by atoms with Crippen molar-refractivity contribution in [3.63, 3.8) is 0 Å². The molecular weight excluding hydrogens is 301 g/mol. The fourth-order valence-corrected chi connectivity index (χ4v) is 0.882. The van der Waals surface area contributed by atoms with Crippen molar-refractivity contribution < 1.29 is 19.7 Å². The van der Waals surface area contributed by atoms with Crippen LogP contribution < -0.4 is 0 Å². The van der Waals surface area contributed by atoms with Gasteiger partial charge in [0.1, 0.15) is 0 Å². The standard InChI is InChI=1S/C8H12INO4/c1-2-14-8(13)10(5-3-4-9)7(12)6-11/h7,11-12H,2,5-6H2,1H3. The van der Waals surface area contributed by atoms with E-state index in [1.54, 1.807) is 6.92 Å². The summed E-state index contributed by atoms with van der Waals surface area (Å²) in [5.41, 5.74) is 0. The van der Waals surface area contributed by atoms with Crippen LogP contribution in [-0.2, 0) is 4.74 Å². The van der Waals surface area contributed by atoms with Crippen LogP contribution in [0.2, 0.25) is 0 Å². The van der Waals surface area contributed by atoms with E-state index < -0.39 is 18.9 Å². The molecule has 0 saturated heterocycles. The fourth-order valence-electron chi connectivity index (χ4n) is 0.712. The SMILES string of the molecule is CCOC(=O)N(CC#CI)C(O)CO. The maximum absolute atomic E-state index is 11.2. The van der Waals surface area contributed by atoms with Crippen LogP contribution in [0.1, 0.15) is 6.92 Å². The third-order valence-corrected chi connectivity index (χ3v) is 1.72. The van der Waals surface area contributed by atoms with Crippen molar-refractivity contribution in [3.05, 3.63) is 0 Å². The number of rotatable bonds is 4. The lowest BCUT2D eigenvalue weighted by atomic mass is 10.5. The summed E-state index contributed by atoms with van der Waals surface area (Å²) >= 11 is 1.82. The Hall–Kier alpha value is -0.520. The Balaban J connectivity index is 4.34. The van der Waals surface area contributed by atoms with Crippen molar-refractivity contribution in [2.24, 2.45) is 0 Å². The van der Waals surface area contributed by atoms with E-state index in [2.05, 4.69) is 14.6 Å². The number of ether oxygens (including phenoxy) is 1. The molecule has 0 spiro atoms. The molecule has 0 aliphatic rings. The average Bonchev–Trinajstić information content (AvgIpc) is 2.18. The Morgan fingerprint density at radius 1 is 1.71 bits per heavy atom. The first-order chi connectivity index (χ1) is 6.67. The number of carbonyl (C=O) groups is 1. The van der Waals surface area contributed by atoms with Crippen LogP contribution in [-0.4, -0.2) is 47.2 Å². The molecule has 0 bridgehead atoms. The molecular formula is C8H12INO4. The topological polar surface area (TPSA) is 70.0 Å². The second kappa shape index (κ2) is 7.84.